The van der Waals surface area contributed by atoms with Gasteiger partial charge in [-0.25, -0.2) is 0 Å². The largest absolute Gasteiger partial charge is 0.393 e. The fourth-order valence-electron chi connectivity index (χ4n) is 2.49. The summed E-state index contributed by atoms with van der Waals surface area (Å²) >= 11 is 11.9. The Balaban J connectivity index is 1.89. The molecule has 0 aliphatic carbocycles. The summed E-state index contributed by atoms with van der Waals surface area (Å²) in [5.74, 6) is 0.454. The van der Waals surface area contributed by atoms with E-state index in [2.05, 4.69) is 4.90 Å². The molecule has 4 heteroatoms. The first kappa shape index (κ1) is 14.1. The van der Waals surface area contributed by atoms with E-state index in [-0.39, 0.29) is 6.10 Å². The van der Waals surface area contributed by atoms with Gasteiger partial charge in [-0.3, -0.25) is 4.90 Å². The van der Waals surface area contributed by atoms with Crippen molar-refractivity contribution in [3.05, 3.63) is 33.8 Å². The molecule has 1 atom stereocenters. The van der Waals surface area contributed by atoms with Crippen LogP contribution in [0.2, 0.25) is 10.0 Å². The van der Waals surface area contributed by atoms with Crippen LogP contribution in [0.3, 0.4) is 0 Å². The lowest BCUT2D eigenvalue weighted by molar-refractivity contribution is 0.0695. The van der Waals surface area contributed by atoms with Gasteiger partial charge < -0.3 is 5.11 Å². The van der Waals surface area contributed by atoms with Gasteiger partial charge in [-0.1, -0.05) is 29.3 Å². The second-order valence-corrected chi connectivity index (χ2v) is 5.92. The van der Waals surface area contributed by atoms with Crippen molar-refractivity contribution >= 4 is 23.2 Å². The van der Waals surface area contributed by atoms with E-state index in [1.165, 1.54) is 5.56 Å². The molecule has 0 aromatic heterocycles. The maximum absolute atomic E-state index is 9.57. The highest BCUT2D eigenvalue weighted by Gasteiger charge is 2.22. The van der Waals surface area contributed by atoms with E-state index in [0.29, 0.717) is 16.0 Å². The summed E-state index contributed by atoms with van der Waals surface area (Å²) < 4.78 is 0. The molecule has 1 N–H and O–H groups in total. The maximum atomic E-state index is 9.57. The second kappa shape index (κ2) is 6.25. The molecule has 100 valence electrons. The number of hydrogen-bond donors (Lipinski definition) is 1. The molecule has 1 heterocycles. The van der Waals surface area contributed by atoms with Gasteiger partial charge in [0.15, 0.2) is 0 Å². The monoisotopic (exact) mass is 287 g/mol. The summed E-state index contributed by atoms with van der Waals surface area (Å²) in [5.41, 5.74) is 1.19. The predicted molar refractivity (Wildman–Crippen MR) is 76.1 cm³/mol. The first-order chi connectivity index (χ1) is 8.56. The van der Waals surface area contributed by atoms with Crippen LogP contribution in [0.25, 0.3) is 0 Å². The van der Waals surface area contributed by atoms with Crippen molar-refractivity contribution in [3.8, 4) is 0 Å². The molecule has 18 heavy (non-hydrogen) atoms. The molecule has 1 aromatic carbocycles. The predicted octanol–water partition coefficient (Wildman–Crippen LogP) is 3.59. The molecule has 1 aromatic rings. The van der Waals surface area contributed by atoms with E-state index < -0.39 is 0 Å². The van der Waals surface area contributed by atoms with Crippen LogP contribution in [0.5, 0.6) is 0 Å². The zero-order valence-electron chi connectivity index (χ0n) is 10.6. The molecular weight excluding hydrogens is 269 g/mol. The quantitative estimate of drug-likeness (QED) is 0.919. The minimum absolute atomic E-state index is 0.183. The van der Waals surface area contributed by atoms with Crippen molar-refractivity contribution in [3.63, 3.8) is 0 Å². The van der Waals surface area contributed by atoms with Crippen LogP contribution in [0.1, 0.15) is 25.3 Å². The second-order valence-electron chi connectivity index (χ2n) is 5.10. The average Bonchev–Trinajstić information content (AvgIpc) is 2.34. The summed E-state index contributed by atoms with van der Waals surface area (Å²) in [7, 11) is 0. The van der Waals surface area contributed by atoms with E-state index in [4.69, 9.17) is 23.2 Å². The minimum atomic E-state index is -0.183. The van der Waals surface area contributed by atoms with Crippen molar-refractivity contribution in [2.75, 3.05) is 13.1 Å². The Bertz CT molecular complexity index is 401. The van der Waals surface area contributed by atoms with Gasteiger partial charge in [0, 0.05) is 6.54 Å². The van der Waals surface area contributed by atoms with Gasteiger partial charge >= 0.3 is 0 Å². The number of benzene rings is 1. The fraction of sp³-hybridized carbons (Fsp3) is 0.571. The Morgan fingerprint density at radius 1 is 1.28 bits per heavy atom. The van der Waals surface area contributed by atoms with Crippen molar-refractivity contribution in [2.45, 2.75) is 32.4 Å². The number of rotatable bonds is 3. The minimum Gasteiger partial charge on any atom is -0.393 e. The van der Waals surface area contributed by atoms with E-state index in [1.54, 1.807) is 0 Å². The number of nitrogens with zero attached hydrogens (tertiary/aromatic N) is 1. The maximum Gasteiger partial charge on any atom is 0.0595 e. The summed E-state index contributed by atoms with van der Waals surface area (Å²) in [4.78, 5) is 2.40. The highest BCUT2D eigenvalue weighted by Crippen LogP contribution is 2.25. The summed E-state index contributed by atoms with van der Waals surface area (Å²) in [6.07, 6.45) is 1.95. The van der Waals surface area contributed by atoms with Crippen molar-refractivity contribution < 1.29 is 5.11 Å². The number of piperidine rings is 1. The van der Waals surface area contributed by atoms with Crippen LogP contribution in [0, 0.1) is 5.92 Å². The Morgan fingerprint density at radius 2 is 1.94 bits per heavy atom. The SMILES string of the molecule is CC(O)C1CCN(Cc2ccc(Cl)c(Cl)c2)CC1. The molecule has 1 aliphatic rings. The van der Waals surface area contributed by atoms with E-state index >= 15 is 0 Å². The standard InChI is InChI=1S/C14H19Cl2NO/c1-10(18)12-4-6-17(7-5-12)9-11-2-3-13(15)14(16)8-11/h2-3,8,10,12,18H,4-7,9H2,1H3. The number of aliphatic hydroxyl groups is 1. The number of halogens is 2. The number of hydrogen-bond acceptors (Lipinski definition) is 2. The molecule has 0 spiro atoms. The Morgan fingerprint density at radius 3 is 2.50 bits per heavy atom. The van der Waals surface area contributed by atoms with Crippen molar-refractivity contribution in [1.29, 1.82) is 0 Å². The zero-order valence-corrected chi connectivity index (χ0v) is 12.1. The summed E-state index contributed by atoms with van der Waals surface area (Å²) in [6.45, 7) is 4.87. The first-order valence-corrected chi connectivity index (χ1v) is 7.16. The molecule has 0 saturated carbocycles. The first-order valence-electron chi connectivity index (χ1n) is 6.40. The molecule has 1 aliphatic heterocycles. The lowest BCUT2D eigenvalue weighted by Gasteiger charge is -2.33. The lowest BCUT2D eigenvalue weighted by Crippen LogP contribution is -2.36. The Kier molecular flexibility index (Phi) is 4.91. The Labute approximate surface area is 119 Å². The third kappa shape index (κ3) is 3.61. The average molecular weight is 288 g/mol. The molecule has 2 nitrogen and oxygen atoms in total. The molecule has 0 bridgehead atoms. The van der Waals surface area contributed by atoms with Crippen molar-refractivity contribution in [2.24, 2.45) is 5.92 Å². The van der Waals surface area contributed by atoms with Gasteiger partial charge in [0.25, 0.3) is 0 Å². The normalized spacial score (nSPS) is 20.0. The summed E-state index contributed by atoms with van der Waals surface area (Å²) in [5, 5.41) is 10.8. The topological polar surface area (TPSA) is 23.5 Å². The highest BCUT2D eigenvalue weighted by atomic mass is 35.5. The summed E-state index contributed by atoms with van der Waals surface area (Å²) in [6, 6.07) is 5.81. The fourth-order valence-corrected chi connectivity index (χ4v) is 2.81. The van der Waals surface area contributed by atoms with Gasteiger partial charge in [0.1, 0.15) is 0 Å². The van der Waals surface area contributed by atoms with E-state index in [1.807, 2.05) is 25.1 Å². The van der Waals surface area contributed by atoms with Crippen LogP contribution in [0.4, 0.5) is 0 Å². The van der Waals surface area contributed by atoms with Crippen LogP contribution in [-0.4, -0.2) is 29.2 Å². The van der Waals surface area contributed by atoms with E-state index in [9.17, 15) is 5.11 Å². The lowest BCUT2D eigenvalue weighted by atomic mass is 9.92. The molecule has 1 saturated heterocycles. The molecular formula is C14H19Cl2NO. The molecule has 1 fully saturated rings. The zero-order chi connectivity index (χ0) is 13.1. The molecule has 2 rings (SSSR count). The van der Waals surface area contributed by atoms with Gasteiger partial charge in [-0.05, 0) is 56.5 Å². The van der Waals surface area contributed by atoms with Gasteiger partial charge in [-0.15, -0.1) is 0 Å². The van der Waals surface area contributed by atoms with Crippen LogP contribution >= 0.6 is 23.2 Å². The van der Waals surface area contributed by atoms with Gasteiger partial charge in [0.2, 0.25) is 0 Å². The molecule has 0 amide bonds. The van der Waals surface area contributed by atoms with Crippen LogP contribution in [-0.2, 0) is 6.54 Å². The highest BCUT2D eigenvalue weighted by molar-refractivity contribution is 6.42. The third-order valence-corrected chi connectivity index (χ3v) is 4.44. The van der Waals surface area contributed by atoms with Crippen molar-refractivity contribution in [1.82, 2.24) is 4.90 Å². The number of aliphatic hydroxyl groups excluding tert-OH is 1. The molecule has 0 radical (unpaired) electrons. The van der Waals surface area contributed by atoms with Gasteiger partial charge in [-0.2, -0.15) is 0 Å². The third-order valence-electron chi connectivity index (χ3n) is 3.70. The number of likely N-dealkylation sites (tertiary alicyclic amines) is 1. The smallest absolute Gasteiger partial charge is 0.0595 e. The van der Waals surface area contributed by atoms with Crippen LogP contribution < -0.4 is 0 Å². The van der Waals surface area contributed by atoms with Crippen LogP contribution in [0.15, 0.2) is 18.2 Å². The molecule has 1 unspecified atom stereocenters. The Hall–Kier alpha value is -0.280. The van der Waals surface area contributed by atoms with E-state index in [0.717, 1.165) is 32.5 Å². The van der Waals surface area contributed by atoms with Gasteiger partial charge in [0.05, 0.1) is 16.1 Å².